The molecule has 2 aliphatic heterocycles. The van der Waals surface area contributed by atoms with Crippen molar-refractivity contribution in [2.75, 3.05) is 25.6 Å². The van der Waals surface area contributed by atoms with Crippen molar-refractivity contribution in [2.24, 2.45) is 0 Å². The van der Waals surface area contributed by atoms with E-state index in [2.05, 4.69) is 21.3 Å². The van der Waals surface area contributed by atoms with Crippen molar-refractivity contribution in [1.82, 2.24) is 14.9 Å². The fourth-order valence-electron chi connectivity index (χ4n) is 4.00. The number of carbonyl (C=O) groups is 2. The Morgan fingerprint density at radius 3 is 1.67 bits per heavy atom. The van der Waals surface area contributed by atoms with E-state index in [0.29, 0.717) is 30.5 Å². The van der Waals surface area contributed by atoms with E-state index in [0.717, 1.165) is 42.4 Å². The van der Waals surface area contributed by atoms with Crippen LogP contribution in [0.15, 0.2) is 48.5 Å². The average molecular weight is 641 g/mol. The first kappa shape index (κ1) is 33.3. The molecular formula is C25H32Cl3N3O6S2. The largest absolute Gasteiger partial charge is 0.353 e. The van der Waals surface area contributed by atoms with Gasteiger partial charge in [-0.15, -0.1) is 0 Å². The van der Waals surface area contributed by atoms with Gasteiger partial charge in [0.2, 0.25) is 30.9 Å². The van der Waals surface area contributed by atoms with Crippen molar-refractivity contribution >= 4 is 64.8 Å². The van der Waals surface area contributed by atoms with E-state index in [-0.39, 0.29) is 24.4 Å². The molecule has 39 heavy (non-hydrogen) atoms. The van der Waals surface area contributed by atoms with E-state index >= 15 is 0 Å². The van der Waals surface area contributed by atoms with E-state index in [4.69, 9.17) is 23.2 Å². The van der Waals surface area contributed by atoms with E-state index in [1.807, 2.05) is 36.4 Å². The van der Waals surface area contributed by atoms with Crippen LogP contribution >= 0.6 is 33.9 Å². The molecule has 0 bridgehead atoms. The lowest BCUT2D eigenvalue weighted by Crippen LogP contribution is -2.56. The van der Waals surface area contributed by atoms with Gasteiger partial charge in [-0.1, -0.05) is 47.5 Å². The SMILES string of the molecule is CS(=O)(=O)Cl.CS(=O)(=O)N1CC(=O)NC(Cc2ccc(Cl)cc2)C1.O=C1CCCC(Cc2ccc(Cl)cc2)N1. The number of hydrogen-bond donors (Lipinski definition) is 2. The lowest BCUT2D eigenvalue weighted by atomic mass is 9.97. The summed E-state index contributed by atoms with van der Waals surface area (Å²) >= 11 is 11.6. The van der Waals surface area contributed by atoms with Crippen LogP contribution in [0.2, 0.25) is 10.0 Å². The quantitative estimate of drug-likeness (QED) is 0.482. The minimum Gasteiger partial charge on any atom is -0.353 e. The van der Waals surface area contributed by atoms with Gasteiger partial charge in [-0.2, -0.15) is 4.31 Å². The maximum atomic E-state index is 11.5. The van der Waals surface area contributed by atoms with Crippen molar-refractivity contribution in [1.29, 1.82) is 0 Å². The summed E-state index contributed by atoms with van der Waals surface area (Å²) in [6, 6.07) is 15.2. The monoisotopic (exact) mass is 639 g/mol. The number of benzene rings is 2. The molecule has 0 saturated carbocycles. The third kappa shape index (κ3) is 14.3. The van der Waals surface area contributed by atoms with Crippen LogP contribution < -0.4 is 10.6 Å². The molecule has 2 aromatic carbocycles. The van der Waals surface area contributed by atoms with Crippen molar-refractivity contribution < 1.29 is 26.4 Å². The molecule has 2 heterocycles. The summed E-state index contributed by atoms with van der Waals surface area (Å²) in [5.74, 6) is -0.0872. The fraction of sp³-hybridized carbons (Fsp3) is 0.440. The van der Waals surface area contributed by atoms with Crippen molar-refractivity contribution in [2.45, 2.75) is 44.2 Å². The zero-order chi connectivity index (χ0) is 29.2. The molecule has 0 aromatic heterocycles. The zero-order valence-electron chi connectivity index (χ0n) is 21.6. The standard InChI is InChI=1S/C12H15ClN2O3S.C12H14ClNO.CH3ClO2S/c1-19(17,18)15-7-11(14-12(16)8-15)6-9-2-4-10(13)5-3-9;13-10-6-4-9(5-7-10)8-11-2-1-3-12(15)14-11;1-5(2,3)4/h2-5,11H,6-8H2,1H3,(H,14,16);4-7,11H,1-3,8H2,(H,14,15);1H3. The Bertz CT molecular complexity index is 1310. The number of rotatable bonds is 5. The van der Waals surface area contributed by atoms with Gasteiger partial charge in [0.1, 0.15) is 0 Å². The summed E-state index contributed by atoms with van der Waals surface area (Å²) in [5.41, 5.74) is 2.23. The van der Waals surface area contributed by atoms with Gasteiger partial charge in [0.15, 0.2) is 0 Å². The van der Waals surface area contributed by atoms with Crippen LogP contribution in [0.25, 0.3) is 0 Å². The molecule has 2 N–H and O–H groups in total. The molecule has 216 valence electrons. The second-order valence-corrected chi connectivity index (χ2v) is 15.2. The molecule has 2 atom stereocenters. The third-order valence-corrected chi connectivity index (χ3v) is 7.41. The van der Waals surface area contributed by atoms with Crippen LogP contribution in [0.5, 0.6) is 0 Å². The van der Waals surface area contributed by atoms with Crippen LogP contribution in [0.1, 0.15) is 30.4 Å². The number of nitrogens with zero attached hydrogens (tertiary/aromatic N) is 1. The Morgan fingerprint density at radius 1 is 0.795 bits per heavy atom. The second kappa shape index (κ2) is 15.2. The minimum absolute atomic E-state index is 0.101. The molecule has 2 fully saturated rings. The molecule has 2 aromatic rings. The molecule has 2 aliphatic rings. The number of amides is 2. The normalized spacial score (nSPS) is 19.9. The van der Waals surface area contributed by atoms with Crippen LogP contribution in [-0.4, -0.2) is 70.6 Å². The summed E-state index contributed by atoms with van der Waals surface area (Å²) < 4.78 is 43.0. The topological polar surface area (TPSA) is 130 Å². The molecule has 9 nitrogen and oxygen atoms in total. The predicted octanol–water partition coefficient (Wildman–Crippen LogP) is 3.38. The highest BCUT2D eigenvalue weighted by molar-refractivity contribution is 8.13. The van der Waals surface area contributed by atoms with Gasteiger partial charge >= 0.3 is 0 Å². The Labute approximate surface area is 244 Å². The van der Waals surface area contributed by atoms with Gasteiger partial charge in [-0.3, -0.25) is 9.59 Å². The smallest absolute Gasteiger partial charge is 0.235 e. The first-order chi connectivity index (χ1) is 18.1. The third-order valence-electron chi connectivity index (χ3n) is 5.69. The van der Waals surface area contributed by atoms with E-state index < -0.39 is 19.1 Å². The highest BCUT2D eigenvalue weighted by Gasteiger charge is 2.30. The van der Waals surface area contributed by atoms with Crippen LogP contribution in [0, 0.1) is 0 Å². The number of carbonyl (C=O) groups excluding carboxylic acids is 2. The van der Waals surface area contributed by atoms with Gasteiger partial charge in [0.05, 0.1) is 19.1 Å². The highest BCUT2D eigenvalue weighted by Crippen LogP contribution is 2.16. The van der Waals surface area contributed by atoms with Gasteiger partial charge in [0, 0.05) is 45.8 Å². The lowest BCUT2D eigenvalue weighted by molar-refractivity contribution is -0.124. The summed E-state index contributed by atoms with van der Waals surface area (Å²) in [5, 5.41) is 7.21. The van der Waals surface area contributed by atoms with E-state index in [1.165, 1.54) is 9.87 Å². The summed E-state index contributed by atoms with van der Waals surface area (Å²) in [4.78, 5) is 22.7. The molecular weight excluding hydrogens is 609 g/mol. The van der Waals surface area contributed by atoms with Crippen molar-refractivity contribution in [3.05, 3.63) is 69.7 Å². The Morgan fingerprint density at radius 2 is 1.23 bits per heavy atom. The number of sulfonamides is 1. The van der Waals surface area contributed by atoms with Gasteiger partial charge in [0.25, 0.3) is 0 Å². The first-order valence-electron chi connectivity index (χ1n) is 12.0. The van der Waals surface area contributed by atoms with Crippen LogP contribution in [0.3, 0.4) is 0 Å². The summed E-state index contributed by atoms with van der Waals surface area (Å²) in [6.07, 6.45) is 6.28. The Balaban J connectivity index is 0.000000238. The van der Waals surface area contributed by atoms with Gasteiger partial charge in [-0.25, -0.2) is 16.8 Å². The van der Waals surface area contributed by atoms with Crippen molar-refractivity contribution in [3.8, 4) is 0 Å². The second-order valence-electron chi connectivity index (χ2n) is 9.32. The molecule has 0 radical (unpaired) electrons. The Hall–Kier alpha value is -1.89. The van der Waals surface area contributed by atoms with E-state index in [1.54, 1.807) is 12.1 Å². The fourth-order valence-corrected chi connectivity index (χ4v) is 5.06. The van der Waals surface area contributed by atoms with Gasteiger partial charge < -0.3 is 10.6 Å². The summed E-state index contributed by atoms with van der Waals surface area (Å²) in [7, 11) is -2.03. The molecule has 2 unspecified atom stereocenters. The maximum Gasteiger partial charge on any atom is 0.235 e. The Kier molecular flexibility index (Phi) is 13.0. The number of nitrogens with one attached hydrogen (secondary N) is 2. The molecule has 2 amide bonds. The van der Waals surface area contributed by atoms with E-state index in [9.17, 15) is 26.4 Å². The van der Waals surface area contributed by atoms with Crippen LogP contribution in [0.4, 0.5) is 0 Å². The number of hydrogen-bond acceptors (Lipinski definition) is 6. The summed E-state index contributed by atoms with van der Waals surface area (Å²) in [6.45, 7) is 0.198. The number of halogens is 3. The van der Waals surface area contributed by atoms with Crippen molar-refractivity contribution in [3.63, 3.8) is 0 Å². The minimum atomic E-state index is -3.34. The molecule has 0 aliphatic carbocycles. The van der Waals surface area contributed by atoms with Crippen LogP contribution in [-0.2, 0) is 41.5 Å². The number of piperidine rings is 1. The highest BCUT2D eigenvalue weighted by atomic mass is 35.7. The molecule has 14 heteroatoms. The molecule has 2 saturated heterocycles. The molecule has 4 rings (SSSR count). The predicted molar refractivity (Wildman–Crippen MR) is 155 cm³/mol. The maximum absolute atomic E-state index is 11.5. The molecule has 0 spiro atoms. The van der Waals surface area contributed by atoms with Gasteiger partial charge in [-0.05, 0) is 61.1 Å². The zero-order valence-corrected chi connectivity index (χ0v) is 25.5. The lowest BCUT2D eigenvalue weighted by Gasteiger charge is -2.31. The first-order valence-corrected chi connectivity index (χ1v) is 17.3. The number of piperazine rings is 1. The average Bonchev–Trinajstić information content (AvgIpc) is 2.81.